The molecule has 24 heavy (non-hydrogen) atoms. The third-order valence-corrected chi connectivity index (χ3v) is 6.93. The highest BCUT2D eigenvalue weighted by molar-refractivity contribution is 5.09. The Kier molecular flexibility index (Phi) is 5.33. The van der Waals surface area contributed by atoms with Gasteiger partial charge in [-0.05, 0) is 67.5 Å². The van der Waals surface area contributed by atoms with Crippen LogP contribution in [-0.4, -0.2) is 96.1 Å². The van der Waals surface area contributed by atoms with Gasteiger partial charge in [-0.3, -0.25) is 14.7 Å². The average molecular weight is 337 g/mol. The number of hydrogen-bond acceptors (Lipinski definition) is 4. The van der Waals surface area contributed by atoms with Gasteiger partial charge in [0.1, 0.15) is 0 Å². The van der Waals surface area contributed by atoms with Crippen LogP contribution in [0.4, 0.5) is 0 Å². The molecular weight excluding hydrogens is 296 g/mol. The third kappa shape index (κ3) is 3.82. The van der Waals surface area contributed by atoms with Crippen molar-refractivity contribution in [2.24, 2.45) is 0 Å². The van der Waals surface area contributed by atoms with Gasteiger partial charge in [0.2, 0.25) is 0 Å². The minimum Gasteiger partial charge on any atom is -0.303 e. The number of nitrogens with zero attached hydrogens (tertiary/aromatic N) is 4. The van der Waals surface area contributed by atoms with E-state index in [4.69, 9.17) is 0 Å². The molecule has 0 aromatic heterocycles. The third-order valence-electron chi connectivity index (χ3n) is 6.93. The second-order valence-electron chi connectivity index (χ2n) is 9.46. The van der Waals surface area contributed by atoms with Crippen LogP contribution < -0.4 is 0 Å². The maximum Gasteiger partial charge on any atom is 0.0341 e. The number of rotatable bonds is 2. The summed E-state index contributed by atoms with van der Waals surface area (Å²) in [5.41, 5.74) is 1.20. The molecule has 2 heterocycles. The fourth-order valence-corrected chi connectivity index (χ4v) is 4.80. The van der Waals surface area contributed by atoms with E-state index in [1.807, 2.05) is 0 Å². The van der Waals surface area contributed by atoms with E-state index in [9.17, 15) is 0 Å². The molecule has 4 nitrogen and oxygen atoms in total. The van der Waals surface area contributed by atoms with E-state index in [1.54, 1.807) is 0 Å². The van der Waals surface area contributed by atoms with Gasteiger partial charge in [0.05, 0.1) is 0 Å². The molecule has 0 radical (unpaired) electrons. The highest BCUT2D eigenvalue weighted by Gasteiger charge is 2.51. The molecular formula is C20H40N4. The van der Waals surface area contributed by atoms with Gasteiger partial charge in [0.15, 0.2) is 0 Å². The molecule has 0 bridgehead atoms. The minimum absolute atomic E-state index is 0.598. The Morgan fingerprint density at radius 3 is 1.79 bits per heavy atom. The highest BCUT2D eigenvalue weighted by Crippen LogP contribution is 2.45. The fourth-order valence-electron chi connectivity index (χ4n) is 4.80. The van der Waals surface area contributed by atoms with Gasteiger partial charge in [0.25, 0.3) is 0 Å². The van der Waals surface area contributed by atoms with Gasteiger partial charge in [-0.1, -0.05) is 0 Å². The molecule has 2 aliphatic carbocycles. The molecule has 2 aliphatic heterocycles. The zero-order chi connectivity index (χ0) is 17.5. The Morgan fingerprint density at radius 2 is 1.29 bits per heavy atom. The number of likely N-dealkylation sites (N-methyl/N-ethyl adjacent to an activating group) is 2. The molecule has 4 aliphatic rings. The van der Waals surface area contributed by atoms with Crippen molar-refractivity contribution >= 4 is 0 Å². The molecule has 4 heteroatoms. The molecule has 0 aromatic rings. The molecule has 2 spiro atoms. The second kappa shape index (κ2) is 6.86. The molecule has 2 saturated carbocycles. The zero-order valence-corrected chi connectivity index (χ0v) is 17.0. The predicted molar refractivity (Wildman–Crippen MR) is 103 cm³/mol. The van der Waals surface area contributed by atoms with E-state index < -0.39 is 0 Å². The van der Waals surface area contributed by atoms with Gasteiger partial charge in [0, 0.05) is 62.4 Å². The van der Waals surface area contributed by atoms with Crippen LogP contribution >= 0.6 is 0 Å². The van der Waals surface area contributed by atoms with E-state index >= 15 is 0 Å². The van der Waals surface area contributed by atoms with E-state index in [1.165, 1.54) is 65.0 Å². The van der Waals surface area contributed by atoms with Crippen molar-refractivity contribution in [2.75, 3.05) is 53.4 Å². The monoisotopic (exact) mass is 336 g/mol. The summed E-state index contributed by atoms with van der Waals surface area (Å²) >= 11 is 0. The van der Waals surface area contributed by atoms with Gasteiger partial charge in [-0.2, -0.15) is 0 Å². The first-order valence-electron chi connectivity index (χ1n) is 10.2. The molecule has 0 unspecified atom stereocenters. The largest absolute Gasteiger partial charge is 0.303 e. The molecule has 2 saturated heterocycles. The highest BCUT2D eigenvalue weighted by atomic mass is 15.3. The van der Waals surface area contributed by atoms with Gasteiger partial charge in [-0.25, -0.2) is 0 Å². The molecule has 140 valence electrons. The lowest BCUT2D eigenvalue weighted by Gasteiger charge is -2.43. The Morgan fingerprint density at radius 1 is 0.667 bits per heavy atom. The lowest BCUT2D eigenvalue weighted by molar-refractivity contribution is 0.0487. The molecule has 4 fully saturated rings. The summed E-state index contributed by atoms with van der Waals surface area (Å²) in [6, 6.07) is 1.47. The molecule has 0 N–H and O–H groups in total. The van der Waals surface area contributed by atoms with Crippen LogP contribution in [0.15, 0.2) is 0 Å². The Balaban J connectivity index is 0.000000141. The predicted octanol–water partition coefficient (Wildman–Crippen LogP) is 2.35. The SMILES string of the molecule is CC(C)N1CCN(C)C2(CC2)C1.CC(C)N1CCN(C)CC12CC2. The van der Waals surface area contributed by atoms with Gasteiger partial charge < -0.3 is 4.90 Å². The van der Waals surface area contributed by atoms with Crippen LogP contribution in [0, 0.1) is 0 Å². The number of hydrogen-bond donors (Lipinski definition) is 0. The van der Waals surface area contributed by atoms with Gasteiger partial charge in [-0.15, -0.1) is 0 Å². The van der Waals surface area contributed by atoms with Crippen molar-refractivity contribution in [3.63, 3.8) is 0 Å². The average Bonchev–Trinajstić information content (AvgIpc) is 3.42. The summed E-state index contributed by atoms with van der Waals surface area (Å²) in [6.45, 7) is 16.9. The Labute approximate surface area is 150 Å². The van der Waals surface area contributed by atoms with E-state index in [0.29, 0.717) is 11.1 Å². The summed E-state index contributed by atoms with van der Waals surface area (Å²) in [6.07, 6.45) is 5.70. The Hall–Kier alpha value is -0.160. The molecule has 0 atom stereocenters. The van der Waals surface area contributed by atoms with Crippen LogP contribution in [0.2, 0.25) is 0 Å². The van der Waals surface area contributed by atoms with Crippen LogP contribution in [0.25, 0.3) is 0 Å². The second-order valence-corrected chi connectivity index (χ2v) is 9.46. The summed E-state index contributed by atoms with van der Waals surface area (Å²) in [5, 5.41) is 0. The maximum atomic E-state index is 2.70. The first kappa shape index (κ1) is 18.6. The summed E-state index contributed by atoms with van der Waals surface area (Å²) < 4.78 is 0. The zero-order valence-electron chi connectivity index (χ0n) is 17.0. The van der Waals surface area contributed by atoms with E-state index in [-0.39, 0.29) is 0 Å². The van der Waals surface area contributed by atoms with E-state index in [2.05, 4.69) is 61.4 Å². The van der Waals surface area contributed by atoms with Crippen molar-refractivity contribution in [2.45, 2.75) is 76.5 Å². The lowest BCUT2D eigenvalue weighted by atomic mass is 10.1. The lowest BCUT2D eigenvalue weighted by Crippen LogP contribution is -2.55. The number of piperazine rings is 2. The van der Waals surface area contributed by atoms with Crippen LogP contribution in [0.3, 0.4) is 0 Å². The minimum atomic E-state index is 0.598. The summed E-state index contributed by atoms with van der Waals surface area (Å²) in [5.74, 6) is 0. The molecule has 0 aromatic carbocycles. The topological polar surface area (TPSA) is 13.0 Å². The normalized spacial score (nSPS) is 30.0. The first-order chi connectivity index (χ1) is 11.3. The van der Waals surface area contributed by atoms with E-state index in [0.717, 1.165) is 12.1 Å². The van der Waals surface area contributed by atoms with Crippen LogP contribution in [0.1, 0.15) is 53.4 Å². The standard InChI is InChI=1S/2C10H20N2/c1-9(2)12-7-6-11(3)10(8-12)4-5-10;1-9(2)12-7-6-11(3)8-10(12)4-5-10/h2*9H,4-8H2,1-3H3. The summed E-state index contributed by atoms with van der Waals surface area (Å²) in [7, 11) is 4.53. The van der Waals surface area contributed by atoms with Crippen LogP contribution in [0.5, 0.6) is 0 Å². The van der Waals surface area contributed by atoms with Crippen molar-refractivity contribution in [1.29, 1.82) is 0 Å². The van der Waals surface area contributed by atoms with Crippen LogP contribution in [-0.2, 0) is 0 Å². The van der Waals surface area contributed by atoms with Gasteiger partial charge >= 0.3 is 0 Å². The van der Waals surface area contributed by atoms with Crippen molar-refractivity contribution in [3.8, 4) is 0 Å². The maximum absolute atomic E-state index is 2.70. The van der Waals surface area contributed by atoms with Crippen molar-refractivity contribution in [3.05, 3.63) is 0 Å². The smallest absolute Gasteiger partial charge is 0.0341 e. The summed E-state index contributed by atoms with van der Waals surface area (Å²) in [4.78, 5) is 10.4. The Bertz CT molecular complexity index is 425. The van der Waals surface area contributed by atoms with Crippen molar-refractivity contribution < 1.29 is 0 Å². The molecule has 4 rings (SSSR count). The first-order valence-corrected chi connectivity index (χ1v) is 10.2. The molecule has 0 amide bonds. The quantitative estimate of drug-likeness (QED) is 0.767. The van der Waals surface area contributed by atoms with Crippen molar-refractivity contribution in [1.82, 2.24) is 19.6 Å². The fraction of sp³-hybridized carbons (Fsp3) is 1.00.